The molecule has 0 aliphatic heterocycles. The summed E-state index contributed by atoms with van der Waals surface area (Å²) >= 11 is 0. The maximum absolute atomic E-state index is 11.9. The molecule has 0 atom stereocenters. The molecule has 0 aliphatic carbocycles. The second kappa shape index (κ2) is 6.59. The minimum Gasteiger partial charge on any atom is -0.481 e. The first-order chi connectivity index (χ1) is 11.6. The number of hydrogen-bond acceptors (Lipinski definition) is 3. The Hall–Kier alpha value is -2.82. The Kier molecular flexibility index (Phi) is 4.88. The van der Waals surface area contributed by atoms with Gasteiger partial charge in [0.25, 0.3) is 0 Å². The van der Waals surface area contributed by atoms with E-state index in [2.05, 4.69) is 0 Å². The molecule has 2 aromatic rings. The van der Waals surface area contributed by atoms with Crippen molar-refractivity contribution in [3.05, 3.63) is 59.7 Å². The summed E-state index contributed by atoms with van der Waals surface area (Å²) in [4.78, 5) is 23.6. The highest BCUT2D eigenvalue weighted by Gasteiger charge is 2.41. The van der Waals surface area contributed by atoms with E-state index in [1.807, 2.05) is 18.2 Å². The zero-order valence-corrected chi connectivity index (χ0v) is 14.7. The van der Waals surface area contributed by atoms with Crippen molar-refractivity contribution in [1.29, 1.82) is 0 Å². The van der Waals surface area contributed by atoms with E-state index in [1.54, 1.807) is 58.0 Å². The van der Waals surface area contributed by atoms with E-state index >= 15 is 0 Å². The number of rotatable bonds is 6. The molecule has 25 heavy (non-hydrogen) atoms. The number of benzene rings is 2. The van der Waals surface area contributed by atoms with Crippen molar-refractivity contribution in [3.8, 4) is 11.5 Å². The van der Waals surface area contributed by atoms with E-state index < -0.39 is 22.8 Å². The van der Waals surface area contributed by atoms with Gasteiger partial charge in [0, 0.05) is 5.56 Å². The summed E-state index contributed by atoms with van der Waals surface area (Å²) in [6.45, 7) is 6.20. The molecule has 0 aliphatic rings. The van der Waals surface area contributed by atoms with Crippen LogP contribution in [0.5, 0.6) is 11.5 Å². The predicted molar refractivity (Wildman–Crippen MR) is 94.3 cm³/mol. The van der Waals surface area contributed by atoms with Gasteiger partial charge in [0.2, 0.25) is 0 Å². The van der Waals surface area contributed by atoms with Crippen molar-refractivity contribution < 1.29 is 24.5 Å². The fourth-order valence-corrected chi connectivity index (χ4v) is 2.62. The molecule has 0 spiro atoms. The predicted octanol–water partition coefficient (Wildman–Crippen LogP) is 4.20. The quantitative estimate of drug-likeness (QED) is 0.822. The molecule has 0 amide bonds. The average Bonchev–Trinajstić information content (AvgIpc) is 2.55. The Morgan fingerprint density at radius 1 is 0.800 bits per heavy atom. The molecule has 0 saturated heterocycles. The molecule has 0 saturated carbocycles. The van der Waals surface area contributed by atoms with Gasteiger partial charge in [-0.15, -0.1) is 0 Å². The van der Waals surface area contributed by atoms with Crippen molar-refractivity contribution in [2.45, 2.75) is 38.5 Å². The number of carbonyl (C=O) groups is 2. The van der Waals surface area contributed by atoms with Gasteiger partial charge in [-0.1, -0.05) is 30.3 Å². The van der Waals surface area contributed by atoms with Gasteiger partial charge < -0.3 is 14.9 Å². The third-order valence-electron chi connectivity index (χ3n) is 4.36. The first kappa shape index (κ1) is 18.5. The van der Waals surface area contributed by atoms with Gasteiger partial charge in [0.1, 0.15) is 11.5 Å². The number of hydrogen-bond donors (Lipinski definition) is 2. The molecule has 5 nitrogen and oxygen atoms in total. The normalized spacial score (nSPS) is 11.8. The average molecular weight is 342 g/mol. The van der Waals surface area contributed by atoms with Gasteiger partial charge in [0.15, 0.2) is 0 Å². The maximum atomic E-state index is 11.9. The van der Waals surface area contributed by atoms with E-state index in [-0.39, 0.29) is 0 Å². The molecule has 0 bridgehead atoms. The smallest absolute Gasteiger partial charge is 0.313 e. The zero-order chi connectivity index (χ0) is 18.8. The highest BCUT2D eigenvalue weighted by molar-refractivity contribution is 5.86. The van der Waals surface area contributed by atoms with Crippen LogP contribution in [0.15, 0.2) is 48.5 Å². The first-order valence-electron chi connectivity index (χ1n) is 7.92. The monoisotopic (exact) mass is 342 g/mol. The minimum atomic E-state index is -1.33. The van der Waals surface area contributed by atoms with E-state index in [1.165, 1.54) is 0 Å². The SMILES string of the molecule is CC(C)(C(=O)O)c1cccc(Oc2ccccc2)c1C(C)(C)C(=O)O. The van der Waals surface area contributed by atoms with Crippen molar-refractivity contribution in [2.24, 2.45) is 0 Å². The van der Waals surface area contributed by atoms with Crippen LogP contribution in [-0.4, -0.2) is 22.2 Å². The summed E-state index contributed by atoms with van der Waals surface area (Å²) in [6.07, 6.45) is 0. The lowest BCUT2D eigenvalue weighted by atomic mass is 9.73. The van der Waals surface area contributed by atoms with Crippen LogP contribution in [0.3, 0.4) is 0 Å². The second-order valence-corrected chi connectivity index (χ2v) is 6.95. The van der Waals surface area contributed by atoms with Crippen LogP contribution in [-0.2, 0) is 20.4 Å². The lowest BCUT2D eigenvalue weighted by molar-refractivity contribution is -0.144. The van der Waals surface area contributed by atoms with Crippen LogP contribution in [0.25, 0.3) is 0 Å². The molecule has 0 heterocycles. The molecule has 0 radical (unpaired) electrons. The number of aliphatic carboxylic acids is 2. The van der Waals surface area contributed by atoms with Gasteiger partial charge in [-0.2, -0.15) is 0 Å². The summed E-state index contributed by atoms with van der Waals surface area (Å²) in [6, 6.07) is 14.0. The van der Waals surface area contributed by atoms with Crippen LogP contribution >= 0.6 is 0 Å². The minimum absolute atomic E-state index is 0.338. The molecule has 2 aromatic carbocycles. The van der Waals surface area contributed by atoms with Gasteiger partial charge >= 0.3 is 11.9 Å². The summed E-state index contributed by atoms with van der Waals surface area (Å²) in [5.41, 5.74) is -1.81. The van der Waals surface area contributed by atoms with Gasteiger partial charge in [-0.05, 0) is 51.5 Å². The van der Waals surface area contributed by atoms with Crippen LogP contribution in [0, 0.1) is 0 Å². The Balaban J connectivity index is 2.72. The Labute approximate surface area is 146 Å². The maximum Gasteiger partial charge on any atom is 0.313 e. The van der Waals surface area contributed by atoms with Crippen molar-refractivity contribution in [3.63, 3.8) is 0 Å². The molecular formula is C20H22O5. The van der Waals surface area contributed by atoms with E-state index in [4.69, 9.17) is 4.74 Å². The zero-order valence-electron chi connectivity index (χ0n) is 14.7. The number of ether oxygens (including phenoxy) is 1. The van der Waals surface area contributed by atoms with E-state index in [0.717, 1.165) is 0 Å². The summed E-state index contributed by atoms with van der Waals surface area (Å²) in [7, 11) is 0. The molecule has 5 heteroatoms. The standard InChI is InChI=1S/C20H22O5/c1-19(2,17(21)22)14-11-8-12-15(16(14)20(3,4)18(23)24)25-13-9-6-5-7-10-13/h5-12H,1-4H3,(H,21,22)(H,23,24). The lowest BCUT2D eigenvalue weighted by Gasteiger charge is -2.31. The molecule has 132 valence electrons. The number of carboxylic acid groups (broad SMARTS) is 2. The molecule has 2 N–H and O–H groups in total. The van der Waals surface area contributed by atoms with Crippen LogP contribution < -0.4 is 4.74 Å². The summed E-state index contributed by atoms with van der Waals surface area (Å²) in [5.74, 6) is -1.20. The highest BCUT2D eigenvalue weighted by atomic mass is 16.5. The summed E-state index contributed by atoms with van der Waals surface area (Å²) < 4.78 is 5.91. The van der Waals surface area contributed by atoms with Crippen LogP contribution in [0.4, 0.5) is 0 Å². The third kappa shape index (κ3) is 3.50. The molecule has 0 unspecified atom stereocenters. The van der Waals surface area contributed by atoms with Crippen molar-refractivity contribution in [2.75, 3.05) is 0 Å². The van der Waals surface area contributed by atoms with E-state index in [9.17, 15) is 19.8 Å². The number of carboxylic acids is 2. The molecule has 2 rings (SSSR count). The van der Waals surface area contributed by atoms with Gasteiger partial charge in [-0.25, -0.2) is 0 Å². The Morgan fingerprint density at radius 2 is 1.36 bits per heavy atom. The number of para-hydroxylation sites is 1. The van der Waals surface area contributed by atoms with Crippen molar-refractivity contribution >= 4 is 11.9 Å². The fraction of sp³-hybridized carbons (Fsp3) is 0.300. The van der Waals surface area contributed by atoms with Crippen LogP contribution in [0.1, 0.15) is 38.8 Å². The lowest BCUT2D eigenvalue weighted by Crippen LogP contribution is -2.36. The van der Waals surface area contributed by atoms with Crippen LogP contribution in [0.2, 0.25) is 0 Å². The van der Waals surface area contributed by atoms with Gasteiger partial charge in [0.05, 0.1) is 10.8 Å². The third-order valence-corrected chi connectivity index (χ3v) is 4.36. The second-order valence-electron chi connectivity index (χ2n) is 6.95. The first-order valence-corrected chi connectivity index (χ1v) is 7.92. The largest absolute Gasteiger partial charge is 0.481 e. The fourth-order valence-electron chi connectivity index (χ4n) is 2.62. The Morgan fingerprint density at radius 3 is 1.88 bits per heavy atom. The molecular weight excluding hydrogens is 320 g/mol. The topological polar surface area (TPSA) is 83.8 Å². The van der Waals surface area contributed by atoms with Gasteiger partial charge in [-0.3, -0.25) is 9.59 Å². The van der Waals surface area contributed by atoms with E-state index in [0.29, 0.717) is 22.6 Å². The highest BCUT2D eigenvalue weighted by Crippen LogP contribution is 2.42. The van der Waals surface area contributed by atoms with Crippen molar-refractivity contribution in [1.82, 2.24) is 0 Å². The molecule has 0 aromatic heterocycles. The summed E-state index contributed by atoms with van der Waals surface area (Å²) in [5, 5.41) is 19.3. The Bertz CT molecular complexity index is 791. The molecule has 0 fully saturated rings.